The highest BCUT2D eigenvalue weighted by Gasteiger charge is 2.31. The molecule has 0 radical (unpaired) electrons. The molecule has 2 amide bonds. The molecule has 148 valence electrons. The highest BCUT2D eigenvalue weighted by Crippen LogP contribution is 2.39. The van der Waals surface area contributed by atoms with Crippen LogP contribution >= 0.6 is 11.3 Å². The molecule has 2 aromatic heterocycles. The summed E-state index contributed by atoms with van der Waals surface area (Å²) in [6.45, 7) is 4.73. The van der Waals surface area contributed by atoms with E-state index in [1.54, 1.807) is 17.0 Å². The number of likely N-dealkylation sites (tertiary alicyclic amines) is 1. The number of carbonyl (C=O) groups is 1. The van der Waals surface area contributed by atoms with Crippen molar-refractivity contribution < 1.29 is 4.79 Å². The summed E-state index contributed by atoms with van der Waals surface area (Å²) in [5.74, 6) is -0.102. The number of rotatable bonds is 3. The van der Waals surface area contributed by atoms with E-state index < -0.39 is 0 Å². The van der Waals surface area contributed by atoms with Crippen LogP contribution in [0.1, 0.15) is 17.0 Å². The largest absolute Gasteiger partial charge is 0.323 e. The van der Waals surface area contributed by atoms with Crippen LogP contribution in [0, 0.1) is 42.4 Å². The van der Waals surface area contributed by atoms with Gasteiger partial charge in [0, 0.05) is 30.0 Å². The third-order valence-electron chi connectivity index (χ3n) is 4.80. The number of pyridine rings is 1. The molecule has 1 aliphatic heterocycles. The molecular weight excluding hydrogens is 396 g/mol. The van der Waals surface area contributed by atoms with Gasteiger partial charge in [-0.3, -0.25) is 10.3 Å². The van der Waals surface area contributed by atoms with E-state index in [4.69, 9.17) is 5.26 Å². The number of carbonyl (C=O) groups excluding carboxylic acids is 1. The molecule has 1 aromatic carbocycles. The molecule has 3 heterocycles. The predicted octanol–water partition coefficient (Wildman–Crippen LogP) is 4.35. The van der Waals surface area contributed by atoms with Gasteiger partial charge >= 0.3 is 6.03 Å². The van der Waals surface area contributed by atoms with Gasteiger partial charge in [0.1, 0.15) is 0 Å². The van der Waals surface area contributed by atoms with Gasteiger partial charge in [-0.1, -0.05) is 23.5 Å². The molecule has 0 spiro atoms. The fourth-order valence-electron chi connectivity index (χ4n) is 3.36. The van der Waals surface area contributed by atoms with Gasteiger partial charge in [-0.05, 0) is 43.7 Å². The van der Waals surface area contributed by atoms with Crippen molar-refractivity contribution in [2.75, 3.05) is 18.4 Å². The quantitative estimate of drug-likeness (QED) is 0.686. The maximum Gasteiger partial charge on any atom is 0.323 e. The van der Waals surface area contributed by atoms with E-state index in [2.05, 4.69) is 27.4 Å². The van der Waals surface area contributed by atoms with Crippen molar-refractivity contribution in [2.24, 2.45) is 5.92 Å². The zero-order valence-corrected chi connectivity index (χ0v) is 17.3. The first-order chi connectivity index (χ1) is 14.5. The molecular formula is C22H18N6OS. The molecule has 30 heavy (non-hydrogen) atoms. The summed E-state index contributed by atoms with van der Waals surface area (Å²) >= 11 is 1.38. The van der Waals surface area contributed by atoms with E-state index in [-0.39, 0.29) is 11.9 Å². The van der Waals surface area contributed by atoms with Crippen LogP contribution in [-0.2, 0) is 0 Å². The number of nitrogens with zero attached hydrogens (tertiary/aromatic N) is 5. The molecule has 0 saturated carbocycles. The lowest BCUT2D eigenvalue weighted by Gasteiger charge is -2.34. The first-order valence-electron chi connectivity index (χ1n) is 9.39. The fraction of sp³-hybridized carbons (Fsp3) is 0.227. The van der Waals surface area contributed by atoms with E-state index in [9.17, 15) is 10.1 Å². The summed E-state index contributed by atoms with van der Waals surface area (Å²) in [7, 11) is 0. The first-order valence-corrected chi connectivity index (χ1v) is 10.2. The predicted molar refractivity (Wildman–Crippen MR) is 115 cm³/mol. The fourth-order valence-corrected chi connectivity index (χ4v) is 4.33. The normalized spacial score (nSPS) is 13.3. The molecule has 8 heteroatoms. The van der Waals surface area contributed by atoms with Crippen molar-refractivity contribution in [1.82, 2.24) is 14.9 Å². The lowest BCUT2D eigenvalue weighted by Crippen LogP contribution is -2.51. The number of hydrogen-bond donors (Lipinski definition) is 1. The molecule has 0 bridgehead atoms. The summed E-state index contributed by atoms with van der Waals surface area (Å²) in [5, 5.41) is 21.5. The van der Waals surface area contributed by atoms with Gasteiger partial charge in [0.2, 0.25) is 0 Å². The van der Waals surface area contributed by atoms with Crippen molar-refractivity contribution in [1.29, 1.82) is 10.5 Å². The Hall–Kier alpha value is -3.75. The average molecular weight is 414 g/mol. The number of anilines is 1. The minimum Gasteiger partial charge on any atom is -0.322 e. The van der Waals surface area contributed by atoms with E-state index in [0.29, 0.717) is 29.5 Å². The van der Waals surface area contributed by atoms with Gasteiger partial charge in [-0.25, -0.2) is 9.78 Å². The molecule has 0 unspecified atom stereocenters. The summed E-state index contributed by atoms with van der Waals surface area (Å²) in [5.41, 5.74) is 4.80. The number of benzene rings is 1. The number of nitriles is 2. The minimum atomic E-state index is -0.263. The van der Waals surface area contributed by atoms with Gasteiger partial charge < -0.3 is 4.90 Å². The lowest BCUT2D eigenvalue weighted by molar-refractivity contribution is 0.156. The Labute approximate surface area is 178 Å². The van der Waals surface area contributed by atoms with Crippen LogP contribution in [0.2, 0.25) is 0 Å². The summed E-state index contributed by atoms with van der Waals surface area (Å²) in [6, 6.07) is 15.3. The Balaban J connectivity index is 1.73. The van der Waals surface area contributed by atoms with Gasteiger partial charge in [-0.2, -0.15) is 10.5 Å². The van der Waals surface area contributed by atoms with Crippen LogP contribution in [0.4, 0.5) is 9.93 Å². The molecule has 1 fully saturated rings. The monoisotopic (exact) mass is 414 g/mol. The second-order valence-corrected chi connectivity index (χ2v) is 8.19. The molecule has 4 rings (SSSR count). The van der Waals surface area contributed by atoms with Gasteiger partial charge in [0.25, 0.3) is 0 Å². The van der Waals surface area contributed by atoms with Crippen LogP contribution in [0.15, 0.2) is 36.4 Å². The number of aromatic nitrogens is 2. The molecule has 0 aliphatic carbocycles. The third-order valence-corrected chi connectivity index (χ3v) is 5.82. The van der Waals surface area contributed by atoms with Crippen LogP contribution in [-0.4, -0.2) is 34.0 Å². The van der Waals surface area contributed by atoms with Crippen LogP contribution < -0.4 is 5.32 Å². The number of thiazole rings is 1. The molecule has 7 nitrogen and oxygen atoms in total. The lowest BCUT2D eigenvalue weighted by atomic mass is 10.0. The second-order valence-electron chi connectivity index (χ2n) is 7.19. The number of amides is 2. The standard InChI is InChI=1S/C22H18N6OS/c1-13-6-18(7-14(2)25-13)20-19(17-5-3-4-15(8-17)9-23)26-21(30-20)27-22(29)28-11-16(10-24)12-28/h3-8,16H,11-12H2,1-2H3,(H,26,27,29). The summed E-state index contributed by atoms with van der Waals surface area (Å²) in [6.07, 6.45) is 0. The first kappa shape index (κ1) is 19.6. The minimum absolute atomic E-state index is 0.102. The van der Waals surface area contributed by atoms with Crippen molar-refractivity contribution in [3.63, 3.8) is 0 Å². The summed E-state index contributed by atoms with van der Waals surface area (Å²) < 4.78 is 0. The molecule has 1 saturated heterocycles. The topological polar surface area (TPSA) is 106 Å². The van der Waals surface area contributed by atoms with E-state index >= 15 is 0 Å². The second kappa shape index (κ2) is 7.94. The van der Waals surface area contributed by atoms with E-state index in [0.717, 1.165) is 27.4 Å². The van der Waals surface area contributed by atoms with Crippen molar-refractivity contribution in [2.45, 2.75) is 13.8 Å². The van der Waals surface area contributed by atoms with Gasteiger partial charge in [-0.15, -0.1) is 0 Å². The maximum atomic E-state index is 12.5. The van der Waals surface area contributed by atoms with Crippen molar-refractivity contribution >= 4 is 22.5 Å². The number of hydrogen-bond acceptors (Lipinski definition) is 6. The number of aryl methyl sites for hydroxylation is 2. The smallest absolute Gasteiger partial charge is 0.322 e. The van der Waals surface area contributed by atoms with Crippen molar-refractivity contribution in [3.8, 4) is 33.8 Å². The zero-order chi connectivity index (χ0) is 21.3. The maximum absolute atomic E-state index is 12.5. The van der Waals surface area contributed by atoms with Gasteiger partial charge in [0.05, 0.1) is 34.2 Å². The molecule has 1 N–H and O–H groups in total. The Bertz CT molecular complexity index is 1190. The Kier molecular flexibility index (Phi) is 5.18. The molecule has 0 atom stereocenters. The van der Waals surface area contributed by atoms with Crippen LogP contribution in [0.3, 0.4) is 0 Å². The molecule has 3 aromatic rings. The van der Waals surface area contributed by atoms with E-state index in [1.165, 1.54) is 11.3 Å². The third kappa shape index (κ3) is 3.86. The average Bonchev–Trinajstić information content (AvgIpc) is 3.10. The van der Waals surface area contributed by atoms with Crippen LogP contribution in [0.25, 0.3) is 21.7 Å². The number of urea groups is 1. The Morgan fingerprint density at radius 1 is 1.13 bits per heavy atom. The molecule has 1 aliphatic rings. The SMILES string of the molecule is Cc1cc(-c2sc(NC(=O)N3CC(C#N)C3)nc2-c2cccc(C#N)c2)cc(C)n1. The highest BCUT2D eigenvalue weighted by atomic mass is 32.1. The van der Waals surface area contributed by atoms with Crippen molar-refractivity contribution in [3.05, 3.63) is 53.3 Å². The van der Waals surface area contributed by atoms with Gasteiger partial charge in [0.15, 0.2) is 5.13 Å². The Morgan fingerprint density at radius 2 is 1.87 bits per heavy atom. The zero-order valence-electron chi connectivity index (χ0n) is 16.5. The van der Waals surface area contributed by atoms with Crippen LogP contribution in [0.5, 0.6) is 0 Å². The number of nitrogens with one attached hydrogen (secondary N) is 1. The Morgan fingerprint density at radius 3 is 2.53 bits per heavy atom. The highest BCUT2D eigenvalue weighted by molar-refractivity contribution is 7.19. The van der Waals surface area contributed by atoms with E-state index in [1.807, 2.05) is 38.1 Å². The summed E-state index contributed by atoms with van der Waals surface area (Å²) in [4.78, 5) is 24.1.